The molecule has 35 heavy (non-hydrogen) atoms. The standard InChI is InChI=1S/C30H34N2O3/c1-20(2)30(34)32-16-15-24-13-14-26(18-27(24)28(32)25-11-6-5-7-12-25)35-22(4)29(33)31-19-23-10-8-9-21(3)17-23/h5-14,17-18,20,22,28H,15-16,19H2,1-4H3,(H,31,33)/t22-,28+/m1/s1. The molecule has 182 valence electrons. The lowest BCUT2D eigenvalue weighted by molar-refractivity contribution is -0.136. The minimum absolute atomic E-state index is 0.0840. The van der Waals surface area contributed by atoms with Crippen LogP contribution in [0, 0.1) is 12.8 Å². The molecule has 0 radical (unpaired) electrons. The van der Waals surface area contributed by atoms with Crippen molar-refractivity contribution in [3.05, 3.63) is 101 Å². The largest absolute Gasteiger partial charge is 0.481 e. The number of benzene rings is 3. The van der Waals surface area contributed by atoms with Gasteiger partial charge in [-0.15, -0.1) is 0 Å². The molecule has 5 nitrogen and oxygen atoms in total. The molecule has 2 atom stereocenters. The van der Waals surface area contributed by atoms with Gasteiger partial charge in [-0.25, -0.2) is 0 Å². The molecule has 0 bridgehead atoms. The first-order valence-electron chi connectivity index (χ1n) is 12.3. The maximum Gasteiger partial charge on any atom is 0.261 e. The monoisotopic (exact) mass is 470 g/mol. The Labute approximate surface area is 208 Å². The molecule has 0 spiro atoms. The Hall–Kier alpha value is -3.60. The molecule has 1 aliphatic heterocycles. The van der Waals surface area contributed by atoms with E-state index >= 15 is 0 Å². The van der Waals surface area contributed by atoms with E-state index in [0.29, 0.717) is 18.8 Å². The molecule has 1 aliphatic rings. The SMILES string of the molecule is Cc1cccc(CNC(=O)[C@@H](C)Oc2ccc3c(c2)[C@H](c2ccccc2)N(C(=O)C(C)C)CC3)c1. The summed E-state index contributed by atoms with van der Waals surface area (Å²) >= 11 is 0. The summed E-state index contributed by atoms with van der Waals surface area (Å²) in [7, 11) is 0. The summed E-state index contributed by atoms with van der Waals surface area (Å²) in [5.74, 6) is 0.515. The van der Waals surface area contributed by atoms with E-state index < -0.39 is 6.10 Å². The van der Waals surface area contributed by atoms with Crippen LogP contribution >= 0.6 is 0 Å². The van der Waals surface area contributed by atoms with E-state index in [1.165, 1.54) is 5.56 Å². The zero-order valence-corrected chi connectivity index (χ0v) is 21.0. The number of rotatable bonds is 7. The Kier molecular flexibility index (Phi) is 7.54. The fourth-order valence-electron chi connectivity index (χ4n) is 4.64. The van der Waals surface area contributed by atoms with Crippen LogP contribution in [0.3, 0.4) is 0 Å². The molecule has 3 aromatic carbocycles. The maximum atomic E-state index is 13.1. The Bertz CT molecular complexity index is 1190. The number of nitrogens with one attached hydrogen (secondary N) is 1. The smallest absolute Gasteiger partial charge is 0.261 e. The van der Waals surface area contributed by atoms with Crippen molar-refractivity contribution < 1.29 is 14.3 Å². The third-order valence-electron chi connectivity index (χ3n) is 6.47. The number of hydrogen-bond donors (Lipinski definition) is 1. The highest BCUT2D eigenvalue weighted by molar-refractivity contribution is 5.81. The van der Waals surface area contributed by atoms with Gasteiger partial charge < -0.3 is 15.0 Å². The van der Waals surface area contributed by atoms with Crippen LogP contribution < -0.4 is 10.1 Å². The first kappa shape index (κ1) is 24.5. The Morgan fingerprint density at radius 1 is 1.00 bits per heavy atom. The van der Waals surface area contributed by atoms with Crippen molar-refractivity contribution in [3.8, 4) is 5.75 Å². The van der Waals surface area contributed by atoms with Gasteiger partial charge in [0.1, 0.15) is 5.75 Å². The van der Waals surface area contributed by atoms with Crippen molar-refractivity contribution in [2.45, 2.75) is 52.8 Å². The van der Waals surface area contributed by atoms with Crippen LogP contribution in [0.2, 0.25) is 0 Å². The number of aryl methyl sites for hydroxylation is 1. The first-order chi connectivity index (χ1) is 16.8. The second kappa shape index (κ2) is 10.8. The van der Waals surface area contributed by atoms with Crippen LogP contribution in [0.1, 0.15) is 54.6 Å². The lowest BCUT2D eigenvalue weighted by Crippen LogP contribution is -2.42. The second-order valence-corrected chi connectivity index (χ2v) is 9.58. The third-order valence-corrected chi connectivity index (χ3v) is 6.47. The lowest BCUT2D eigenvalue weighted by atomic mass is 9.87. The van der Waals surface area contributed by atoms with E-state index in [4.69, 9.17) is 4.74 Å². The van der Waals surface area contributed by atoms with Gasteiger partial charge in [-0.05, 0) is 54.7 Å². The number of hydrogen-bond acceptors (Lipinski definition) is 3. The Morgan fingerprint density at radius 3 is 2.49 bits per heavy atom. The van der Waals surface area contributed by atoms with Gasteiger partial charge in [-0.3, -0.25) is 9.59 Å². The second-order valence-electron chi connectivity index (χ2n) is 9.58. The molecule has 0 saturated heterocycles. The minimum atomic E-state index is -0.648. The van der Waals surface area contributed by atoms with Crippen molar-refractivity contribution in [1.82, 2.24) is 10.2 Å². The predicted molar refractivity (Wildman–Crippen MR) is 138 cm³/mol. The molecule has 2 amide bonds. The lowest BCUT2D eigenvalue weighted by Gasteiger charge is -2.39. The molecule has 5 heteroatoms. The summed E-state index contributed by atoms with van der Waals surface area (Å²) in [4.78, 5) is 27.8. The average molecular weight is 471 g/mol. The topological polar surface area (TPSA) is 58.6 Å². The van der Waals surface area contributed by atoms with Crippen molar-refractivity contribution in [1.29, 1.82) is 0 Å². The van der Waals surface area contributed by atoms with E-state index in [9.17, 15) is 9.59 Å². The minimum Gasteiger partial charge on any atom is -0.481 e. The fourth-order valence-corrected chi connectivity index (χ4v) is 4.64. The van der Waals surface area contributed by atoms with Crippen LogP contribution in [0.15, 0.2) is 72.8 Å². The van der Waals surface area contributed by atoms with Crippen molar-refractivity contribution in [2.75, 3.05) is 6.54 Å². The Balaban J connectivity index is 1.54. The summed E-state index contributed by atoms with van der Waals surface area (Å²) in [6, 6.07) is 24.0. The Morgan fingerprint density at radius 2 is 1.77 bits per heavy atom. The molecule has 0 aliphatic carbocycles. The average Bonchev–Trinajstić information content (AvgIpc) is 2.86. The molecule has 0 saturated carbocycles. The van der Waals surface area contributed by atoms with Crippen LogP contribution in [-0.4, -0.2) is 29.4 Å². The van der Waals surface area contributed by atoms with Gasteiger partial charge in [0.25, 0.3) is 5.91 Å². The summed E-state index contributed by atoms with van der Waals surface area (Å²) in [5.41, 5.74) is 5.55. The van der Waals surface area contributed by atoms with Crippen LogP contribution in [-0.2, 0) is 22.6 Å². The van der Waals surface area contributed by atoms with Gasteiger partial charge in [0.05, 0.1) is 6.04 Å². The molecular formula is C30H34N2O3. The molecule has 1 heterocycles. The summed E-state index contributed by atoms with van der Waals surface area (Å²) in [6.45, 7) is 8.81. The number of ether oxygens (including phenoxy) is 1. The van der Waals surface area contributed by atoms with Crippen molar-refractivity contribution in [3.63, 3.8) is 0 Å². The van der Waals surface area contributed by atoms with E-state index in [0.717, 1.165) is 28.7 Å². The van der Waals surface area contributed by atoms with E-state index in [2.05, 4.69) is 29.6 Å². The zero-order chi connectivity index (χ0) is 24.9. The van der Waals surface area contributed by atoms with Crippen molar-refractivity contribution >= 4 is 11.8 Å². The number of nitrogens with zero attached hydrogens (tertiary/aromatic N) is 1. The number of carbonyl (C=O) groups is 2. The number of carbonyl (C=O) groups excluding carboxylic acids is 2. The van der Waals surface area contributed by atoms with Crippen molar-refractivity contribution in [2.24, 2.45) is 5.92 Å². The maximum absolute atomic E-state index is 13.1. The molecule has 0 aromatic heterocycles. The van der Waals surface area contributed by atoms with E-state index in [1.54, 1.807) is 6.92 Å². The highest BCUT2D eigenvalue weighted by atomic mass is 16.5. The molecule has 3 aromatic rings. The van der Waals surface area contributed by atoms with E-state index in [1.807, 2.05) is 74.2 Å². The molecule has 0 unspecified atom stereocenters. The van der Waals surface area contributed by atoms with Gasteiger partial charge in [-0.1, -0.05) is 80.1 Å². The zero-order valence-electron chi connectivity index (χ0n) is 21.0. The highest BCUT2D eigenvalue weighted by Crippen LogP contribution is 2.38. The van der Waals surface area contributed by atoms with Crippen LogP contribution in [0.5, 0.6) is 5.75 Å². The first-order valence-corrected chi connectivity index (χ1v) is 12.3. The van der Waals surface area contributed by atoms with Gasteiger partial charge in [0.15, 0.2) is 6.10 Å². The van der Waals surface area contributed by atoms with E-state index in [-0.39, 0.29) is 23.8 Å². The molecular weight excluding hydrogens is 436 g/mol. The quantitative estimate of drug-likeness (QED) is 0.516. The summed E-state index contributed by atoms with van der Waals surface area (Å²) in [5, 5.41) is 2.96. The molecule has 1 N–H and O–H groups in total. The third kappa shape index (κ3) is 5.73. The summed E-state index contributed by atoms with van der Waals surface area (Å²) < 4.78 is 6.07. The van der Waals surface area contributed by atoms with Gasteiger partial charge in [-0.2, -0.15) is 0 Å². The van der Waals surface area contributed by atoms with Gasteiger partial charge in [0.2, 0.25) is 5.91 Å². The molecule has 0 fully saturated rings. The van der Waals surface area contributed by atoms with Crippen LogP contribution in [0.25, 0.3) is 0 Å². The van der Waals surface area contributed by atoms with Gasteiger partial charge >= 0.3 is 0 Å². The van der Waals surface area contributed by atoms with Crippen LogP contribution in [0.4, 0.5) is 0 Å². The number of fused-ring (bicyclic) bond motifs is 1. The normalized spacial score (nSPS) is 15.9. The fraction of sp³-hybridized carbons (Fsp3) is 0.333. The van der Waals surface area contributed by atoms with Gasteiger partial charge in [0, 0.05) is 19.0 Å². The predicted octanol–water partition coefficient (Wildman–Crippen LogP) is 5.21. The highest BCUT2D eigenvalue weighted by Gasteiger charge is 2.33. The molecule has 4 rings (SSSR count). The summed E-state index contributed by atoms with van der Waals surface area (Å²) in [6.07, 6.45) is 0.147. The number of amides is 2.